The Morgan fingerprint density at radius 1 is 1.17 bits per heavy atom. The maximum absolute atomic E-state index is 12.9. The molecule has 4 rings (SSSR count). The number of hydrogen-bond acceptors (Lipinski definition) is 8. The van der Waals surface area contributed by atoms with Crippen molar-refractivity contribution < 1.29 is 9.32 Å². The van der Waals surface area contributed by atoms with Crippen LogP contribution >= 0.6 is 11.8 Å². The van der Waals surface area contributed by atoms with Gasteiger partial charge in [-0.1, -0.05) is 16.9 Å². The minimum absolute atomic E-state index is 0.123. The predicted molar refractivity (Wildman–Crippen MR) is 109 cm³/mol. The Morgan fingerprint density at radius 2 is 1.93 bits per heavy atom. The molecule has 1 fully saturated rings. The van der Waals surface area contributed by atoms with E-state index in [-0.39, 0.29) is 5.91 Å². The summed E-state index contributed by atoms with van der Waals surface area (Å²) >= 11 is 1.48. The average molecular weight is 416 g/mol. The van der Waals surface area contributed by atoms with Crippen LogP contribution in [0.15, 0.2) is 15.7 Å². The van der Waals surface area contributed by atoms with Crippen molar-refractivity contribution in [3.8, 4) is 0 Å². The summed E-state index contributed by atoms with van der Waals surface area (Å²) < 4.78 is 7.03. The highest BCUT2D eigenvalue weighted by Gasteiger charge is 2.24. The van der Waals surface area contributed by atoms with E-state index in [0.717, 1.165) is 48.0 Å². The van der Waals surface area contributed by atoms with Gasteiger partial charge in [0, 0.05) is 49.2 Å². The van der Waals surface area contributed by atoms with Gasteiger partial charge < -0.3 is 9.42 Å². The SMILES string of the molecule is CSc1nc2nc(C)c(CC(=O)N3CCN(Cc4cc(C)no4)CC3)c(C)n2n1. The van der Waals surface area contributed by atoms with Gasteiger partial charge in [-0.3, -0.25) is 9.69 Å². The Morgan fingerprint density at radius 3 is 2.59 bits per heavy atom. The molecule has 3 aromatic rings. The van der Waals surface area contributed by atoms with Crippen LogP contribution in [0.5, 0.6) is 0 Å². The van der Waals surface area contributed by atoms with Crippen LogP contribution in [-0.2, 0) is 17.8 Å². The first-order valence-electron chi connectivity index (χ1n) is 9.63. The number of nitrogens with zero attached hydrogens (tertiary/aromatic N) is 7. The number of amides is 1. The highest BCUT2D eigenvalue weighted by molar-refractivity contribution is 7.98. The first-order valence-corrected chi connectivity index (χ1v) is 10.9. The maximum atomic E-state index is 12.9. The predicted octanol–water partition coefficient (Wildman–Crippen LogP) is 1.65. The van der Waals surface area contributed by atoms with Crippen LogP contribution in [0.3, 0.4) is 0 Å². The van der Waals surface area contributed by atoms with Gasteiger partial charge in [0.05, 0.1) is 18.7 Å². The molecule has 0 unspecified atom stereocenters. The summed E-state index contributed by atoms with van der Waals surface area (Å²) in [6.45, 7) is 9.61. The maximum Gasteiger partial charge on any atom is 0.253 e. The zero-order valence-electron chi connectivity index (χ0n) is 17.2. The smallest absolute Gasteiger partial charge is 0.253 e. The van der Waals surface area contributed by atoms with Crippen LogP contribution in [0, 0.1) is 20.8 Å². The summed E-state index contributed by atoms with van der Waals surface area (Å²) in [6, 6.07) is 1.96. The van der Waals surface area contributed by atoms with E-state index in [1.165, 1.54) is 11.8 Å². The van der Waals surface area contributed by atoms with Gasteiger partial charge in [-0.15, -0.1) is 5.10 Å². The Kier molecular flexibility index (Phi) is 5.55. The number of carbonyl (C=O) groups is 1. The lowest BCUT2D eigenvalue weighted by Crippen LogP contribution is -2.48. The molecule has 0 aromatic carbocycles. The molecule has 4 heterocycles. The number of fused-ring (bicyclic) bond motifs is 1. The minimum atomic E-state index is 0.123. The van der Waals surface area contributed by atoms with Crippen LogP contribution in [0.25, 0.3) is 5.78 Å². The number of rotatable bonds is 5. The van der Waals surface area contributed by atoms with E-state index in [4.69, 9.17) is 4.52 Å². The largest absolute Gasteiger partial charge is 0.360 e. The fourth-order valence-corrected chi connectivity index (χ4v) is 4.00. The summed E-state index contributed by atoms with van der Waals surface area (Å²) in [5, 5.41) is 9.08. The third-order valence-electron chi connectivity index (χ3n) is 5.32. The monoisotopic (exact) mass is 415 g/mol. The van der Waals surface area contributed by atoms with Crippen LogP contribution in [0.2, 0.25) is 0 Å². The van der Waals surface area contributed by atoms with Gasteiger partial charge in [0.2, 0.25) is 11.1 Å². The fourth-order valence-electron chi connectivity index (χ4n) is 3.66. The van der Waals surface area contributed by atoms with Crippen molar-refractivity contribution in [1.82, 2.24) is 34.5 Å². The lowest BCUT2D eigenvalue weighted by molar-refractivity contribution is -0.132. The standard InChI is InChI=1S/C19H25N7O2S/c1-12-9-15(28-23-12)11-24-5-7-25(8-6-24)17(27)10-16-13(2)20-18-21-19(29-4)22-26(18)14(16)3/h9H,5-8,10-11H2,1-4H3. The van der Waals surface area contributed by atoms with E-state index < -0.39 is 0 Å². The molecule has 1 saturated heterocycles. The van der Waals surface area contributed by atoms with Gasteiger partial charge in [-0.05, 0) is 27.0 Å². The first-order chi connectivity index (χ1) is 13.9. The number of hydrogen-bond donors (Lipinski definition) is 0. The molecule has 0 spiro atoms. The second-order valence-electron chi connectivity index (χ2n) is 7.34. The third kappa shape index (κ3) is 4.13. The van der Waals surface area contributed by atoms with Crippen LogP contribution in [-0.4, -0.2) is 72.9 Å². The molecule has 154 valence electrons. The van der Waals surface area contributed by atoms with E-state index in [1.807, 2.05) is 38.0 Å². The molecule has 0 aliphatic carbocycles. The van der Waals surface area contributed by atoms with Gasteiger partial charge in [0.25, 0.3) is 5.78 Å². The second-order valence-corrected chi connectivity index (χ2v) is 8.11. The summed E-state index contributed by atoms with van der Waals surface area (Å²) in [5.74, 6) is 1.57. The molecule has 1 aliphatic heterocycles. The lowest BCUT2D eigenvalue weighted by Gasteiger charge is -2.34. The number of aromatic nitrogens is 5. The molecule has 29 heavy (non-hydrogen) atoms. The molecule has 0 N–H and O–H groups in total. The Hall–Kier alpha value is -2.46. The van der Waals surface area contributed by atoms with Gasteiger partial charge in [0.15, 0.2) is 5.76 Å². The molecule has 10 heteroatoms. The number of thioether (sulfide) groups is 1. The highest BCUT2D eigenvalue weighted by atomic mass is 32.2. The normalized spacial score (nSPS) is 15.4. The van der Waals surface area contributed by atoms with Gasteiger partial charge in [-0.2, -0.15) is 4.98 Å². The van der Waals surface area contributed by atoms with Gasteiger partial charge in [-0.25, -0.2) is 9.50 Å². The molecule has 1 aliphatic rings. The van der Waals surface area contributed by atoms with Crippen molar-refractivity contribution >= 4 is 23.4 Å². The number of piperazine rings is 1. The summed E-state index contributed by atoms with van der Waals surface area (Å²) in [7, 11) is 0. The lowest BCUT2D eigenvalue weighted by atomic mass is 10.1. The van der Waals surface area contributed by atoms with E-state index >= 15 is 0 Å². The third-order valence-corrected chi connectivity index (χ3v) is 5.86. The quantitative estimate of drug-likeness (QED) is 0.581. The zero-order chi connectivity index (χ0) is 20.5. The van der Waals surface area contributed by atoms with Crippen molar-refractivity contribution in [1.29, 1.82) is 0 Å². The van der Waals surface area contributed by atoms with Crippen molar-refractivity contribution in [3.05, 3.63) is 34.5 Å². The Balaban J connectivity index is 1.41. The molecule has 3 aromatic heterocycles. The fraction of sp³-hybridized carbons (Fsp3) is 0.526. The molecule has 1 amide bonds. The number of carbonyl (C=O) groups excluding carboxylic acids is 1. The molecular formula is C19H25N7O2S. The summed E-state index contributed by atoms with van der Waals surface area (Å²) in [4.78, 5) is 26.1. The van der Waals surface area contributed by atoms with Crippen molar-refractivity contribution in [3.63, 3.8) is 0 Å². The van der Waals surface area contributed by atoms with Crippen LogP contribution in [0.4, 0.5) is 0 Å². The highest BCUT2D eigenvalue weighted by Crippen LogP contribution is 2.18. The average Bonchev–Trinajstić information content (AvgIpc) is 3.31. The Bertz CT molecular complexity index is 1040. The topological polar surface area (TPSA) is 92.7 Å². The molecule has 0 radical (unpaired) electrons. The molecule has 0 bridgehead atoms. The van der Waals surface area contributed by atoms with Gasteiger partial charge in [0.1, 0.15) is 0 Å². The van der Waals surface area contributed by atoms with E-state index in [9.17, 15) is 4.79 Å². The first kappa shape index (κ1) is 19.8. The van der Waals surface area contributed by atoms with Crippen molar-refractivity contribution in [2.45, 2.75) is 38.9 Å². The second kappa shape index (κ2) is 8.11. The van der Waals surface area contributed by atoms with E-state index in [0.29, 0.717) is 30.4 Å². The minimum Gasteiger partial charge on any atom is -0.360 e. The molecule has 9 nitrogen and oxygen atoms in total. The van der Waals surface area contributed by atoms with Crippen molar-refractivity contribution in [2.75, 3.05) is 32.4 Å². The molecular weight excluding hydrogens is 390 g/mol. The molecule has 0 atom stereocenters. The molecule has 0 saturated carbocycles. The van der Waals surface area contributed by atoms with Crippen molar-refractivity contribution in [2.24, 2.45) is 0 Å². The van der Waals surface area contributed by atoms with E-state index in [2.05, 4.69) is 25.1 Å². The summed E-state index contributed by atoms with van der Waals surface area (Å²) in [5.41, 5.74) is 3.58. The van der Waals surface area contributed by atoms with Gasteiger partial charge >= 0.3 is 0 Å². The number of aryl methyl sites for hydroxylation is 3. The summed E-state index contributed by atoms with van der Waals surface area (Å²) in [6.07, 6.45) is 2.26. The van der Waals surface area contributed by atoms with Crippen LogP contribution < -0.4 is 0 Å². The zero-order valence-corrected chi connectivity index (χ0v) is 18.0. The Labute approximate surface area is 173 Å². The van der Waals surface area contributed by atoms with Crippen LogP contribution in [0.1, 0.15) is 28.4 Å². The van der Waals surface area contributed by atoms with E-state index in [1.54, 1.807) is 4.52 Å².